The van der Waals surface area contributed by atoms with Crippen molar-refractivity contribution in [1.29, 1.82) is 0 Å². The van der Waals surface area contributed by atoms with Crippen molar-refractivity contribution in [3.05, 3.63) is 67.4 Å². The molecule has 0 aliphatic rings. The summed E-state index contributed by atoms with van der Waals surface area (Å²) in [5, 5.41) is 14.1. The Morgan fingerprint density at radius 2 is 2.05 bits per heavy atom. The van der Waals surface area contributed by atoms with Gasteiger partial charge in [0.1, 0.15) is 0 Å². The lowest BCUT2D eigenvalue weighted by atomic mass is 10.1. The molecule has 2 rings (SSSR count). The first-order valence-corrected chi connectivity index (χ1v) is 7.21. The number of nitrogens with one attached hydrogen (secondary N) is 1. The Kier molecular flexibility index (Phi) is 4.80. The van der Waals surface area contributed by atoms with E-state index in [1.165, 1.54) is 12.1 Å². The molecule has 0 fully saturated rings. The Labute approximate surface area is 134 Å². The van der Waals surface area contributed by atoms with Crippen molar-refractivity contribution in [2.45, 2.75) is 13.0 Å². The molecular weight excluding hydrogens is 363 g/mol. The first kappa shape index (κ1) is 15.7. The average molecular weight is 374 g/mol. The Hall–Kier alpha value is -1.66. The van der Waals surface area contributed by atoms with Crippen LogP contribution < -0.4 is 5.32 Å². The van der Waals surface area contributed by atoms with Gasteiger partial charge in [-0.25, -0.2) is 4.39 Å². The maximum absolute atomic E-state index is 13.8. The number of hydrogen-bond acceptors (Lipinski definition) is 3. The smallest absolute Gasteiger partial charge is 0.272 e. The number of nitro benzene ring substituents is 1. The van der Waals surface area contributed by atoms with E-state index in [-0.39, 0.29) is 17.4 Å². The van der Waals surface area contributed by atoms with Gasteiger partial charge in [-0.05, 0) is 30.7 Å². The van der Waals surface area contributed by atoms with Crippen LogP contribution in [0.5, 0.6) is 0 Å². The molecule has 1 atom stereocenters. The monoisotopic (exact) mass is 372 g/mol. The zero-order chi connectivity index (χ0) is 15.6. The lowest BCUT2D eigenvalue weighted by Gasteiger charge is -2.17. The van der Waals surface area contributed by atoms with Crippen LogP contribution in [-0.2, 0) is 0 Å². The fourth-order valence-corrected chi connectivity index (χ4v) is 2.74. The van der Waals surface area contributed by atoms with E-state index in [0.29, 0.717) is 5.02 Å². The van der Waals surface area contributed by atoms with Crippen molar-refractivity contribution in [2.24, 2.45) is 0 Å². The van der Waals surface area contributed by atoms with Crippen LogP contribution in [0.1, 0.15) is 18.5 Å². The summed E-state index contributed by atoms with van der Waals surface area (Å²) in [6, 6.07) is 8.65. The summed E-state index contributed by atoms with van der Waals surface area (Å²) in [7, 11) is 0. The van der Waals surface area contributed by atoms with Gasteiger partial charge in [0, 0.05) is 15.6 Å². The van der Waals surface area contributed by atoms with Crippen molar-refractivity contribution < 1.29 is 9.31 Å². The van der Waals surface area contributed by atoms with Gasteiger partial charge in [-0.1, -0.05) is 33.6 Å². The number of non-ortho nitro benzene ring substituents is 1. The van der Waals surface area contributed by atoms with E-state index in [4.69, 9.17) is 11.6 Å². The molecule has 0 aliphatic heterocycles. The van der Waals surface area contributed by atoms with Gasteiger partial charge in [0.2, 0.25) is 0 Å². The molecule has 2 aromatic carbocycles. The molecule has 0 aliphatic carbocycles. The summed E-state index contributed by atoms with van der Waals surface area (Å²) in [6.07, 6.45) is 0. The molecular formula is C14H11BrClFN2O2. The quantitative estimate of drug-likeness (QED) is 0.582. The maximum Gasteiger partial charge on any atom is 0.272 e. The zero-order valence-corrected chi connectivity index (χ0v) is 13.3. The second-order valence-corrected chi connectivity index (χ2v) is 5.78. The molecule has 0 saturated carbocycles. The lowest BCUT2D eigenvalue weighted by Crippen LogP contribution is -2.08. The van der Waals surface area contributed by atoms with Crippen molar-refractivity contribution >= 4 is 38.9 Å². The molecule has 0 radical (unpaired) electrons. The number of benzene rings is 2. The molecule has 7 heteroatoms. The van der Waals surface area contributed by atoms with E-state index in [2.05, 4.69) is 21.2 Å². The molecule has 1 unspecified atom stereocenters. The maximum atomic E-state index is 13.8. The lowest BCUT2D eigenvalue weighted by molar-refractivity contribution is -0.385. The molecule has 21 heavy (non-hydrogen) atoms. The fraction of sp³-hybridized carbons (Fsp3) is 0.143. The third-order valence-electron chi connectivity index (χ3n) is 2.96. The standard InChI is InChI=1S/C14H11BrClFN2O2/c1-8(11-4-2-9(15)6-12(11)16)18-14-5-3-10(19(20)21)7-13(14)17/h2-8,18H,1H3. The molecule has 0 bridgehead atoms. The van der Waals surface area contributed by atoms with E-state index in [9.17, 15) is 14.5 Å². The number of nitrogens with zero attached hydrogens (tertiary/aromatic N) is 1. The van der Waals surface area contributed by atoms with Crippen LogP contribution in [0.3, 0.4) is 0 Å². The minimum atomic E-state index is -0.677. The highest BCUT2D eigenvalue weighted by molar-refractivity contribution is 9.10. The second kappa shape index (κ2) is 6.41. The van der Waals surface area contributed by atoms with Crippen LogP contribution in [0, 0.1) is 15.9 Å². The van der Waals surface area contributed by atoms with E-state index in [0.717, 1.165) is 16.1 Å². The minimum absolute atomic E-state index is 0.187. The van der Waals surface area contributed by atoms with E-state index < -0.39 is 10.7 Å². The number of halogens is 3. The van der Waals surface area contributed by atoms with Gasteiger partial charge in [-0.3, -0.25) is 10.1 Å². The Bertz CT molecular complexity index is 697. The van der Waals surface area contributed by atoms with Gasteiger partial charge in [0.25, 0.3) is 5.69 Å². The topological polar surface area (TPSA) is 55.2 Å². The number of hydrogen-bond donors (Lipinski definition) is 1. The second-order valence-electron chi connectivity index (χ2n) is 4.45. The summed E-state index contributed by atoms with van der Waals surface area (Å²) in [6.45, 7) is 1.83. The minimum Gasteiger partial charge on any atom is -0.376 e. The number of anilines is 1. The number of rotatable bonds is 4. The molecule has 0 heterocycles. The first-order valence-electron chi connectivity index (χ1n) is 6.04. The molecule has 0 spiro atoms. The average Bonchev–Trinajstić information content (AvgIpc) is 2.40. The summed E-state index contributed by atoms with van der Waals surface area (Å²) < 4.78 is 14.7. The summed E-state index contributed by atoms with van der Waals surface area (Å²) >= 11 is 9.46. The third-order valence-corrected chi connectivity index (χ3v) is 3.79. The molecule has 110 valence electrons. The van der Waals surface area contributed by atoms with Gasteiger partial charge in [-0.15, -0.1) is 0 Å². The van der Waals surface area contributed by atoms with Gasteiger partial charge in [0.15, 0.2) is 5.82 Å². The predicted octanol–water partition coefficient (Wildman–Crippen LogP) is 5.32. The Morgan fingerprint density at radius 3 is 2.62 bits per heavy atom. The van der Waals surface area contributed by atoms with Gasteiger partial charge in [-0.2, -0.15) is 0 Å². The van der Waals surface area contributed by atoms with Crippen molar-refractivity contribution in [3.63, 3.8) is 0 Å². The highest BCUT2D eigenvalue weighted by Crippen LogP contribution is 2.30. The van der Waals surface area contributed by atoms with Crippen LogP contribution in [0.15, 0.2) is 40.9 Å². The predicted molar refractivity (Wildman–Crippen MR) is 84.2 cm³/mol. The number of nitro groups is 1. The first-order chi connectivity index (χ1) is 9.88. The largest absolute Gasteiger partial charge is 0.376 e. The summed E-state index contributed by atoms with van der Waals surface area (Å²) in [4.78, 5) is 9.94. The van der Waals surface area contributed by atoms with Crippen LogP contribution in [0.2, 0.25) is 5.02 Å². The SMILES string of the molecule is CC(Nc1ccc([N+](=O)[O-])cc1F)c1ccc(Br)cc1Cl. The Balaban J connectivity index is 2.23. The van der Waals surface area contributed by atoms with Gasteiger partial charge >= 0.3 is 0 Å². The van der Waals surface area contributed by atoms with E-state index in [1.54, 1.807) is 6.07 Å². The molecule has 4 nitrogen and oxygen atoms in total. The third kappa shape index (κ3) is 3.71. The van der Waals surface area contributed by atoms with Crippen molar-refractivity contribution in [1.82, 2.24) is 0 Å². The van der Waals surface area contributed by atoms with Crippen molar-refractivity contribution in [2.75, 3.05) is 5.32 Å². The highest BCUT2D eigenvalue weighted by atomic mass is 79.9. The summed E-state index contributed by atoms with van der Waals surface area (Å²) in [5.74, 6) is -0.677. The molecule has 0 aromatic heterocycles. The normalized spacial score (nSPS) is 12.0. The van der Waals surface area contributed by atoms with E-state index >= 15 is 0 Å². The van der Waals surface area contributed by atoms with Crippen LogP contribution in [0.25, 0.3) is 0 Å². The van der Waals surface area contributed by atoms with Gasteiger partial charge in [0.05, 0.1) is 22.7 Å². The van der Waals surface area contributed by atoms with Crippen LogP contribution in [0.4, 0.5) is 15.8 Å². The molecule has 0 saturated heterocycles. The van der Waals surface area contributed by atoms with Gasteiger partial charge < -0.3 is 5.32 Å². The summed E-state index contributed by atoms with van der Waals surface area (Å²) in [5.41, 5.74) is 0.706. The van der Waals surface area contributed by atoms with Crippen LogP contribution in [-0.4, -0.2) is 4.92 Å². The van der Waals surface area contributed by atoms with Crippen molar-refractivity contribution in [3.8, 4) is 0 Å². The molecule has 2 aromatic rings. The molecule has 0 amide bonds. The van der Waals surface area contributed by atoms with E-state index in [1.807, 2.05) is 19.1 Å². The molecule has 1 N–H and O–H groups in total. The zero-order valence-electron chi connectivity index (χ0n) is 10.9. The van der Waals surface area contributed by atoms with Crippen LogP contribution >= 0.6 is 27.5 Å². The fourth-order valence-electron chi connectivity index (χ4n) is 1.90. The Morgan fingerprint density at radius 1 is 1.33 bits per heavy atom. The highest BCUT2D eigenvalue weighted by Gasteiger charge is 2.14.